The zero-order valence-corrected chi connectivity index (χ0v) is 10.7. The number of rotatable bonds is 2. The molecule has 3 heteroatoms. The summed E-state index contributed by atoms with van der Waals surface area (Å²) in [5, 5.41) is 9.11. The highest BCUT2D eigenvalue weighted by Gasteiger charge is 2.17. The van der Waals surface area contributed by atoms with Crippen molar-refractivity contribution in [3.63, 3.8) is 0 Å². The largest absolute Gasteiger partial charge is 0.491 e. The molecule has 0 amide bonds. The van der Waals surface area contributed by atoms with E-state index in [0.717, 1.165) is 42.3 Å². The van der Waals surface area contributed by atoms with Gasteiger partial charge in [-0.3, -0.25) is 0 Å². The van der Waals surface area contributed by atoms with Gasteiger partial charge >= 0.3 is 0 Å². The summed E-state index contributed by atoms with van der Waals surface area (Å²) >= 11 is 0. The first-order chi connectivity index (χ1) is 9.38. The van der Waals surface area contributed by atoms with Crippen LogP contribution in [0.25, 0.3) is 0 Å². The average molecular weight is 255 g/mol. The molecule has 0 unspecified atom stereocenters. The van der Waals surface area contributed by atoms with Gasteiger partial charge in [-0.2, -0.15) is 0 Å². The molecule has 3 nitrogen and oxygen atoms in total. The Morgan fingerprint density at radius 2 is 1.84 bits per heavy atom. The highest BCUT2D eigenvalue weighted by atomic mass is 16.5. The molecule has 0 bridgehead atoms. The molecule has 19 heavy (non-hydrogen) atoms. The van der Waals surface area contributed by atoms with Crippen LogP contribution in [-0.2, 0) is 6.61 Å². The molecule has 0 radical (unpaired) electrons. The predicted molar refractivity (Wildman–Crippen MR) is 75.9 cm³/mol. The molecule has 0 aromatic heterocycles. The summed E-state index contributed by atoms with van der Waals surface area (Å²) in [5.74, 6) is 0.936. The van der Waals surface area contributed by atoms with Gasteiger partial charge in [0.25, 0.3) is 0 Å². The lowest BCUT2D eigenvalue weighted by Gasteiger charge is -2.24. The number of fused-ring (bicyclic) bond motifs is 1. The maximum Gasteiger partial charge on any atom is 0.142 e. The van der Waals surface area contributed by atoms with Crippen LogP contribution in [-0.4, -0.2) is 18.3 Å². The summed E-state index contributed by atoms with van der Waals surface area (Å²) in [4.78, 5) is 2.27. The second kappa shape index (κ2) is 5.33. The zero-order chi connectivity index (χ0) is 13.1. The van der Waals surface area contributed by atoms with Crippen molar-refractivity contribution < 1.29 is 9.84 Å². The molecular formula is C16H17NO2. The third-order valence-corrected chi connectivity index (χ3v) is 3.37. The molecule has 1 aliphatic rings. The van der Waals surface area contributed by atoms with Gasteiger partial charge in [0.1, 0.15) is 5.75 Å². The van der Waals surface area contributed by atoms with E-state index in [4.69, 9.17) is 9.84 Å². The Morgan fingerprint density at radius 1 is 1.05 bits per heavy atom. The quantitative estimate of drug-likeness (QED) is 0.895. The van der Waals surface area contributed by atoms with Crippen molar-refractivity contribution in [3.8, 4) is 5.75 Å². The molecule has 3 rings (SSSR count). The highest BCUT2D eigenvalue weighted by molar-refractivity contribution is 5.69. The number of aliphatic hydroxyl groups is 1. The number of ether oxygens (including phenoxy) is 1. The summed E-state index contributed by atoms with van der Waals surface area (Å²) in [6.07, 6.45) is 0.996. The highest BCUT2D eigenvalue weighted by Crippen LogP contribution is 2.35. The minimum absolute atomic E-state index is 0.0833. The molecule has 0 aliphatic carbocycles. The molecule has 0 atom stereocenters. The second-order valence-corrected chi connectivity index (χ2v) is 4.65. The first-order valence-electron chi connectivity index (χ1n) is 6.57. The van der Waals surface area contributed by atoms with E-state index in [-0.39, 0.29) is 6.61 Å². The molecule has 0 saturated carbocycles. The van der Waals surface area contributed by atoms with Crippen molar-refractivity contribution in [2.45, 2.75) is 13.0 Å². The van der Waals surface area contributed by atoms with Crippen LogP contribution in [0.5, 0.6) is 5.75 Å². The van der Waals surface area contributed by atoms with Crippen molar-refractivity contribution in [2.24, 2.45) is 0 Å². The van der Waals surface area contributed by atoms with E-state index in [1.807, 2.05) is 42.5 Å². The molecule has 2 aromatic rings. The Hall–Kier alpha value is -2.00. The molecule has 0 spiro atoms. The first kappa shape index (κ1) is 12.1. The zero-order valence-electron chi connectivity index (χ0n) is 10.7. The summed E-state index contributed by atoms with van der Waals surface area (Å²) in [5.41, 5.74) is 3.18. The maximum absolute atomic E-state index is 9.11. The molecule has 0 fully saturated rings. The number of aliphatic hydroxyl groups excluding tert-OH is 1. The summed E-state index contributed by atoms with van der Waals surface area (Å²) in [6.45, 7) is 1.78. The van der Waals surface area contributed by atoms with E-state index >= 15 is 0 Å². The lowest BCUT2D eigenvalue weighted by Crippen LogP contribution is -2.17. The number of hydrogen-bond donors (Lipinski definition) is 1. The van der Waals surface area contributed by atoms with E-state index in [0.29, 0.717) is 0 Å². The Bertz CT molecular complexity index is 551. The van der Waals surface area contributed by atoms with Gasteiger partial charge < -0.3 is 14.7 Å². The van der Waals surface area contributed by atoms with E-state index < -0.39 is 0 Å². The normalized spacial score (nSPS) is 14.5. The minimum Gasteiger partial charge on any atom is -0.491 e. The van der Waals surface area contributed by atoms with Crippen LogP contribution in [0, 0.1) is 0 Å². The van der Waals surface area contributed by atoms with Gasteiger partial charge in [-0.15, -0.1) is 0 Å². The van der Waals surface area contributed by atoms with Crippen LogP contribution < -0.4 is 9.64 Å². The van der Waals surface area contributed by atoms with Crippen molar-refractivity contribution in [2.75, 3.05) is 18.1 Å². The lowest BCUT2D eigenvalue weighted by molar-refractivity contribution is 0.282. The molecular weight excluding hydrogens is 238 g/mol. The molecule has 98 valence electrons. The molecule has 1 N–H and O–H groups in total. The van der Waals surface area contributed by atoms with Gasteiger partial charge in [0.05, 0.1) is 18.9 Å². The molecule has 1 heterocycles. The maximum atomic E-state index is 9.11. The van der Waals surface area contributed by atoms with Crippen LogP contribution in [0.4, 0.5) is 11.4 Å². The third kappa shape index (κ3) is 2.42. The van der Waals surface area contributed by atoms with E-state index in [1.54, 1.807) is 0 Å². The third-order valence-electron chi connectivity index (χ3n) is 3.37. The second-order valence-electron chi connectivity index (χ2n) is 4.65. The van der Waals surface area contributed by atoms with Crippen LogP contribution in [0.3, 0.4) is 0 Å². The van der Waals surface area contributed by atoms with Gasteiger partial charge in [-0.05, 0) is 36.2 Å². The summed E-state index contributed by atoms with van der Waals surface area (Å²) in [7, 11) is 0. The average Bonchev–Trinajstić information content (AvgIpc) is 2.70. The van der Waals surface area contributed by atoms with Gasteiger partial charge in [-0.1, -0.05) is 24.3 Å². The van der Waals surface area contributed by atoms with Gasteiger partial charge in [0, 0.05) is 12.2 Å². The van der Waals surface area contributed by atoms with E-state index in [2.05, 4.69) is 11.0 Å². The number of anilines is 2. The molecule has 1 aliphatic heterocycles. The SMILES string of the molecule is OCc1ccc(N2CCCOc3ccccc32)cc1. The Balaban J connectivity index is 1.99. The fourth-order valence-corrected chi connectivity index (χ4v) is 2.38. The van der Waals surface area contributed by atoms with Crippen molar-refractivity contribution in [1.82, 2.24) is 0 Å². The Kier molecular flexibility index (Phi) is 3.38. The van der Waals surface area contributed by atoms with Crippen molar-refractivity contribution in [1.29, 1.82) is 0 Å². The van der Waals surface area contributed by atoms with Crippen LogP contribution in [0.1, 0.15) is 12.0 Å². The Labute approximate surface area is 113 Å². The monoisotopic (exact) mass is 255 g/mol. The predicted octanol–water partition coefficient (Wildman–Crippen LogP) is 3.10. The fourth-order valence-electron chi connectivity index (χ4n) is 2.38. The van der Waals surface area contributed by atoms with Crippen molar-refractivity contribution >= 4 is 11.4 Å². The number of para-hydroxylation sites is 2. The number of benzene rings is 2. The summed E-state index contributed by atoms with van der Waals surface area (Å²) < 4.78 is 5.76. The summed E-state index contributed by atoms with van der Waals surface area (Å²) in [6, 6.07) is 16.1. The molecule has 2 aromatic carbocycles. The standard InChI is InChI=1S/C16H17NO2/c18-12-13-6-8-14(9-7-13)17-10-3-11-19-16-5-2-1-4-15(16)17/h1-2,4-9,18H,3,10-12H2. The number of nitrogens with zero attached hydrogens (tertiary/aromatic N) is 1. The van der Waals surface area contributed by atoms with E-state index in [9.17, 15) is 0 Å². The smallest absolute Gasteiger partial charge is 0.142 e. The lowest BCUT2D eigenvalue weighted by atomic mass is 10.1. The van der Waals surface area contributed by atoms with Crippen LogP contribution in [0.2, 0.25) is 0 Å². The minimum atomic E-state index is 0.0833. The number of hydrogen-bond acceptors (Lipinski definition) is 3. The van der Waals surface area contributed by atoms with Crippen LogP contribution >= 0.6 is 0 Å². The first-order valence-corrected chi connectivity index (χ1v) is 6.57. The van der Waals surface area contributed by atoms with Crippen molar-refractivity contribution in [3.05, 3.63) is 54.1 Å². The molecule has 0 saturated heterocycles. The van der Waals surface area contributed by atoms with E-state index in [1.165, 1.54) is 0 Å². The fraction of sp³-hybridized carbons (Fsp3) is 0.250. The Morgan fingerprint density at radius 3 is 2.63 bits per heavy atom. The van der Waals surface area contributed by atoms with Crippen LogP contribution in [0.15, 0.2) is 48.5 Å². The van der Waals surface area contributed by atoms with Gasteiger partial charge in [0.15, 0.2) is 0 Å². The topological polar surface area (TPSA) is 32.7 Å². The van der Waals surface area contributed by atoms with Gasteiger partial charge in [-0.25, -0.2) is 0 Å². The van der Waals surface area contributed by atoms with Gasteiger partial charge in [0.2, 0.25) is 0 Å².